The summed E-state index contributed by atoms with van der Waals surface area (Å²) in [6, 6.07) is 10.6. The Labute approximate surface area is 126 Å². The summed E-state index contributed by atoms with van der Waals surface area (Å²) in [4.78, 5) is 4.63. The zero-order valence-corrected chi connectivity index (χ0v) is 11.9. The van der Waals surface area contributed by atoms with Gasteiger partial charge in [-0.05, 0) is 43.2 Å². The molecule has 0 spiro atoms. The molecule has 0 unspecified atom stereocenters. The molecule has 1 aliphatic rings. The van der Waals surface area contributed by atoms with E-state index in [2.05, 4.69) is 9.55 Å². The molecule has 1 saturated carbocycles. The van der Waals surface area contributed by atoms with E-state index >= 15 is 0 Å². The van der Waals surface area contributed by atoms with Crippen molar-refractivity contribution in [3.8, 4) is 22.9 Å². The second-order valence-corrected chi connectivity index (χ2v) is 5.81. The molecule has 4 nitrogen and oxygen atoms in total. The quantitative estimate of drug-likeness (QED) is 0.749. The minimum absolute atomic E-state index is 0.0262. The van der Waals surface area contributed by atoms with Gasteiger partial charge in [-0.15, -0.1) is 0 Å². The fraction of sp³-hybridized carbons (Fsp3) is 0.188. The molecular formula is C16H13ClN2O2. The third-order valence-electron chi connectivity index (χ3n) is 3.79. The summed E-state index contributed by atoms with van der Waals surface area (Å²) in [5, 5.41) is 20.2. The first-order valence-electron chi connectivity index (χ1n) is 6.83. The minimum Gasteiger partial charge on any atom is -0.508 e. The Balaban J connectivity index is 2.01. The molecule has 0 amide bonds. The average Bonchev–Trinajstić information content (AvgIpc) is 3.20. The molecule has 1 aliphatic carbocycles. The molecule has 4 rings (SSSR count). The molecule has 1 heterocycles. The molecule has 0 aliphatic heterocycles. The van der Waals surface area contributed by atoms with Crippen molar-refractivity contribution >= 4 is 22.6 Å². The first-order valence-corrected chi connectivity index (χ1v) is 7.21. The number of hydrogen-bond acceptors (Lipinski definition) is 3. The standard InChI is InChI=1S/C16H13ClN2O2/c17-9-1-6-14-13(7-9)18-16(19(14)10-2-3-10)12-5-4-11(20)8-15(12)21/h1,4-8,10,20-21H,2-3H2. The Bertz CT molecular complexity index is 853. The van der Waals surface area contributed by atoms with Crippen molar-refractivity contribution in [2.24, 2.45) is 0 Å². The molecule has 5 heteroatoms. The predicted octanol–water partition coefficient (Wildman–Crippen LogP) is 4.10. The maximum atomic E-state index is 10.1. The maximum Gasteiger partial charge on any atom is 0.145 e. The van der Waals surface area contributed by atoms with Crippen molar-refractivity contribution in [2.75, 3.05) is 0 Å². The number of halogens is 1. The Morgan fingerprint density at radius 2 is 1.90 bits per heavy atom. The summed E-state index contributed by atoms with van der Waals surface area (Å²) in [7, 11) is 0. The summed E-state index contributed by atoms with van der Waals surface area (Å²) < 4.78 is 2.15. The van der Waals surface area contributed by atoms with Gasteiger partial charge >= 0.3 is 0 Å². The number of phenolic OH excluding ortho intramolecular Hbond substituents is 2. The van der Waals surface area contributed by atoms with Gasteiger partial charge in [0, 0.05) is 17.1 Å². The number of imidazole rings is 1. The van der Waals surface area contributed by atoms with Crippen molar-refractivity contribution in [1.29, 1.82) is 0 Å². The van der Waals surface area contributed by atoms with Gasteiger partial charge in [0.1, 0.15) is 17.3 Å². The van der Waals surface area contributed by atoms with Crippen LogP contribution in [0.2, 0.25) is 5.02 Å². The highest BCUT2D eigenvalue weighted by atomic mass is 35.5. The SMILES string of the molecule is Oc1ccc(-c2nc3cc(Cl)ccc3n2C2CC2)c(O)c1. The van der Waals surface area contributed by atoms with Gasteiger partial charge in [-0.1, -0.05) is 11.6 Å². The number of benzene rings is 2. The Hall–Kier alpha value is -2.20. The van der Waals surface area contributed by atoms with Crippen molar-refractivity contribution in [1.82, 2.24) is 9.55 Å². The molecule has 106 valence electrons. The molecule has 2 aromatic carbocycles. The van der Waals surface area contributed by atoms with E-state index in [4.69, 9.17) is 11.6 Å². The molecule has 21 heavy (non-hydrogen) atoms. The predicted molar refractivity (Wildman–Crippen MR) is 81.8 cm³/mol. The lowest BCUT2D eigenvalue weighted by Crippen LogP contribution is -1.97. The smallest absolute Gasteiger partial charge is 0.145 e. The van der Waals surface area contributed by atoms with Crippen molar-refractivity contribution in [3.63, 3.8) is 0 Å². The van der Waals surface area contributed by atoms with E-state index in [1.165, 1.54) is 6.07 Å². The van der Waals surface area contributed by atoms with Crippen LogP contribution in [0.3, 0.4) is 0 Å². The van der Waals surface area contributed by atoms with E-state index in [-0.39, 0.29) is 11.5 Å². The minimum atomic E-state index is 0.0262. The number of aromatic nitrogens is 2. The van der Waals surface area contributed by atoms with E-state index in [0.717, 1.165) is 23.9 Å². The normalized spacial score (nSPS) is 14.7. The molecule has 1 fully saturated rings. The first kappa shape index (κ1) is 12.5. The molecule has 3 aromatic rings. The Morgan fingerprint density at radius 3 is 2.62 bits per heavy atom. The first-order chi connectivity index (χ1) is 10.1. The van der Waals surface area contributed by atoms with E-state index in [1.807, 2.05) is 18.2 Å². The maximum absolute atomic E-state index is 10.1. The number of phenols is 2. The Morgan fingerprint density at radius 1 is 1.10 bits per heavy atom. The van der Waals surface area contributed by atoms with E-state index in [0.29, 0.717) is 22.5 Å². The topological polar surface area (TPSA) is 58.3 Å². The van der Waals surface area contributed by atoms with Crippen LogP contribution in [0.25, 0.3) is 22.4 Å². The lowest BCUT2D eigenvalue weighted by Gasteiger charge is -2.09. The summed E-state index contributed by atoms with van der Waals surface area (Å²) in [5.74, 6) is 0.777. The highest BCUT2D eigenvalue weighted by Crippen LogP contribution is 2.43. The number of nitrogens with zero attached hydrogens (tertiary/aromatic N) is 2. The summed E-state index contributed by atoms with van der Waals surface area (Å²) >= 11 is 6.04. The van der Waals surface area contributed by atoms with Crippen LogP contribution in [0, 0.1) is 0 Å². The number of rotatable bonds is 2. The molecule has 1 aromatic heterocycles. The highest BCUT2D eigenvalue weighted by Gasteiger charge is 2.29. The molecular weight excluding hydrogens is 288 g/mol. The number of fused-ring (bicyclic) bond motifs is 1. The van der Waals surface area contributed by atoms with Gasteiger partial charge in [-0.3, -0.25) is 0 Å². The zero-order chi connectivity index (χ0) is 14.6. The van der Waals surface area contributed by atoms with Gasteiger partial charge in [-0.25, -0.2) is 4.98 Å². The van der Waals surface area contributed by atoms with Crippen molar-refractivity contribution in [2.45, 2.75) is 18.9 Å². The van der Waals surface area contributed by atoms with Gasteiger partial charge < -0.3 is 14.8 Å². The van der Waals surface area contributed by atoms with Gasteiger partial charge in [0.05, 0.1) is 16.6 Å². The average molecular weight is 301 g/mol. The molecule has 0 saturated heterocycles. The van der Waals surface area contributed by atoms with Crippen molar-refractivity contribution < 1.29 is 10.2 Å². The van der Waals surface area contributed by atoms with Gasteiger partial charge in [0.15, 0.2) is 0 Å². The van der Waals surface area contributed by atoms with Gasteiger partial charge in [0.25, 0.3) is 0 Å². The lowest BCUT2D eigenvalue weighted by molar-refractivity contribution is 0.451. The van der Waals surface area contributed by atoms with Crippen LogP contribution in [-0.4, -0.2) is 19.8 Å². The van der Waals surface area contributed by atoms with Crippen molar-refractivity contribution in [3.05, 3.63) is 41.4 Å². The van der Waals surface area contributed by atoms with E-state index in [1.54, 1.807) is 12.1 Å². The van der Waals surface area contributed by atoms with E-state index < -0.39 is 0 Å². The second-order valence-electron chi connectivity index (χ2n) is 5.37. The molecule has 2 N–H and O–H groups in total. The summed E-state index contributed by atoms with van der Waals surface area (Å²) in [5.41, 5.74) is 2.45. The molecule has 0 radical (unpaired) electrons. The fourth-order valence-corrected chi connectivity index (χ4v) is 2.84. The second kappa shape index (κ2) is 4.40. The lowest BCUT2D eigenvalue weighted by atomic mass is 10.2. The molecule has 0 bridgehead atoms. The highest BCUT2D eigenvalue weighted by molar-refractivity contribution is 6.31. The Kier molecular flexibility index (Phi) is 2.62. The van der Waals surface area contributed by atoms with Gasteiger partial charge in [-0.2, -0.15) is 0 Å². The largest absolute Gasteiger partial charge is 0.508 e. The van der Waals surface area contributed by atoms with Gasteiger partial charge in [0.2, 0.25) is 0 Å². The molecule has 0 atom stereocenters. The van der Waals surface area contributed by atoms with Crippen LogP contribution >= 0.6 is 11.6 Å². The number of aromatic hydroxyl groups is 2. The summed E-state index contributed by atoms with van der Waals surface area (Å²) in [6.45, 7) is 0. The van der Waals surface area contributed by atoms with Crippen LogP contribution in [0.15, 0.2) is 36.4 Å². The fourth-order valence-electron chi connectivity index (χ4n) is 2.67. The van der Waals surface area contributed by atoms with Crippen LogP contribution in [-0.2, 0) is 0 Å². The summed E-state index contributed by atoms with van der Waals surface area (Å²) in [6.07, 6.45) is 2.22. The van der Waals surface area contributed by atoms with Crippen LogP contribution in [0.4, 0.5) is 0 Å². The third kappa shape index (κ3) is 2.03. The monoisotopic (exact) mass is 300 g/mol. The zero-order valence-electron chi connectivity index (χ0n) is 11.1. The van der Waals surface area contributed by atoms with Crippen LogP contribution in [0.5, 0.6) is 11.5 Å². The third-order valence-corrected chi connectivity index (χ3v) is 4.02. The van der Waals surface area contributed by atoms with Crippen LogP contribution < -0.4 is 0 Å². The van der Waals surface area contributed by atoms with Crippen LogP contribution in [0.1, 0.15) is 18.9 Å². The van der Waals surface area contributed by atoms with E-state index in [9.17, 15) is 10.2 Å². The number of hydrogen-bond donors (Lipinski definition) is 2.